The van der Waals surface area contributed by atoms with E-state index in [1.54, 1.807) is 7.11 Å². The second kappa shape index (κ2) is 8.56. The molecule has 1 fully saturated rings. The summed E-state index contributed by atoms with van der Waals surface area (Å²) in [7, 11) is 1.66. The quantitative estimate of drug-likeness (QED) is 0.858. The number of carbonyl (C=O) groups excluding carboxylic acids is 1. The number of nitrogens with zero attached hydrogens (tertiary/aromatic N) is 1. The number of para-hydroxylation sites is 1. The lowest BCUT2D eigenvalue weighted by molar-refractivity contribution is -0.117. The van der Waals surface area contributed by atoms with Crippen LogP contribution in [0.3, 0.4) is 0 Å². The van der Waals surface area contributed by atoms with E-state index in [-0.39, 0.29) is 24.4 Å². The summed E-state index contributed by atoms with van der Waals surface area (Å²) >= 11 is 1.48. The van der Waals surface area contributed by atoms with Crippen molar-refractivity contribution in [3.05, 3.63) is 23.8 Å². The number of halogens is 1. The third-order valence-corrected chi connectivity index (χ3v) is 4.42. The van der Waals surface area contributed by atoms with Gasteiger partial charge in [0.25, 0.3) is 0 Å². The van der Waals surface area contributed by atoms with E-state index in [0.717, 1.165) is 22.3 Å². The van der Waals surface area contributed by atoms with Crippen LogP contribution in [0.15, 0.2) is 18.2 Å². The fourth-order valence-electron chi connectivity index (χ4n) is 2.48. The lowest BCUT2D eigenvalue weighted by atomic mass is 10.2. The number of amides is 1. The van der Waals surface area contributed by atoms with E-state index in [1.165, 1.54) is 11.3 Å². The molecule has 0 aliphatic carbocycles. The van der Waals surface area contributed by atoms with Gasteiger partial charge in [-0.1, -0.05) is 23.5 Å². The number of ether oxygens (including phenoxy) is 2. The minimum atomic E-state index is -0.0460. The summed E-state index contributed by atoms with van der Waals surface area (Å²) in [5, 5.41) is 6.77. The first-order valence-corrected chi connectivity index (χ1v) is 8.06. The predicted octanol–water partition coefficient (Wildman–Crippen LogP) is 2.18. The third-order valence-electron chi connectivity index (χ3n) is 3.48. The van der Waals surface area contributed by atoms with Crippen molar-refractivity contribution in [1.29, 1.82) is 0 Å². The van der Waals surface area contributed by atoms with Gasteiger partial charge in [0.2, 0.25) is 5.91 Å². The Labute approximate surface area is 145 Å². The van der Waals surface area contributed by atoms with Crippen molar-refractivity contribution in [2.75, 3.05) is 32.2 Å². The highest BCUT2D eigenvalue weighted by Gasteiger charge is 2.18. The number of fused-ring (bicyclic) bond motifs is 1. The smallest absolute Gasteiger partial charge is 0.227 e. The molecule has 1 aliphatic rings. The zero-order chi connectivity index (χ0) is 15.4. The molecule has 0 saturated carbocycles. The molecule has 23 heavy (non-hydrogen) atoms. The molecule has 1 atom stereocenters. The number of morpholine rings is 1. The Hall–Kier alpha value is -1.25. The van der Waals surface area contributed by atoms with Gasteiger partial charge in [-0.2, -0.15) is 0 Å². The van der Waals surface area contributed by atoms with Crippen molar-refractivity contribution in [3.8, 4) is 0 Å². The van der Waals surface area contributed by atoms with Gasteiger partial charge in [0.15, 0.2) is 5.13 Å². The minimum absolute atomic E-state index is 0. The highest BCUT2D eigenvalue weighted by molar-refractivity contribution is 7.22. The summed E-state index contributed by atoms with van der Waals surface area (Å²) in [6.07, 6.45) is 0.390. The second-order valence-electron chi connectivity index (χ2n) is 5.19. The standard InChI is InChI=1S/C15H19N3O3S.ClH/c1-20-8-10-3-2-4-12-14(10)18-15(22-12)17-13(19)7-11-9-21-6-5-16-11;/h2-4,11,16H,5-9H2,1H3,(H,17,18,19);1H. The average molecular weight is 358 g/mol. The highest BCUT2D eigenvalue weighted by atomic mass is 35.5. The molecule has 1 aromatic carbocycles. The molecule has 1 aromatic heterocycles. The lowest BCUT2D eigenvalue weighted by Gasteiger charge is -2.22. The number of hydrogen-bond donors (Lipinski definition) is 2. The van der Waals surface area contributed by atoms with Crippen LogP contribution in [0.25, 0.3) is 10.2 Å². The predicted molar refractivity (Wildman–Crippen MR) is 93.4 cm³/mol. The Kier molecular flexibility index (Phi) is 6.73. The van der Waals surface area contributed by atoms with Crippen molar-refractivity contribution in [3.63, 3.8) is 0 Å². The van der Waals surface area contributed by atoms with Gasteiger partial charge >= 0.3 is 0 Å². The summed E-state index contributed by atoms with van der Waals surface area (Å²) in [5.74, 6) is -0.0460. The monoisotopic (exact) mass is 357 g/mol. The zero-order valence-electron chi connectivity index (χ0n) is 12.8. The molecule has 126 valence electrons. The summed E-state index contributed by atoms with van der Waals surface area (Å²) in [5.41, 5.74) is 1.92. The Morgan fingerprint density at radius 1 is 1.57 bits per heavy atom. The Bertz CT molecular complexity index is 658. The maximum Gasteiger partial charge on any atom is 0.227 e. The van der Waals surface area contributed by atoms with E-state index in [9.17, 15) is 4.79 Å². The molecule has 0 spiro atoms. The number of anilines is 1. The average Bonchev–Trinajstić information content (AvgIpc) is 2.92. The van der Waals surface area contributed by atoms with Gasteiger partial charge in [-0.05, 0) is 6.07 Å². The topological polar surface area (TPSA) is 72.5 Å². The number of aromatic nitrogens is 1. The number of rotatable bonds is 5. The first-order chi connectivity index (χ1) is 10.8. The van der Waals surface area contributed by atoms with Crippen LogP contribution in [0.5, 0.6) is 0 Å². The fourth-order valence-corrected chi connectivity index (χ4v) is 3.41. The van der Waals surface area contributed by atoms with Crippen molar-refractivity contribution in [2.24, 2.45) is 0 Å². The van der Waals surface area contributed by atoms with E-state index in [1.807, 2.05) is 18.2 Å². The van der Waals surface area contributed by atoms with E-state index < -0.39 is 0 Å². The molecule has 1 aliphatic heterocycles. The molecule has 1 saturated heterocycles. The molecule has 6 nitrogen and oxygen atoms in total. The van der Waals surface area contributed by atoms with E-state index in [2.05, 4.69) is 15.6 Å². The molecule has 1 unspecified atom stereocenters. The molecule has 0 bridgehead atoms. The van der Waals surface area contributed by atoms with Crippen LogP contribution < -0.4 is 10.6 Å². The van der Waals surface area contributed by atoms with Gasteiger partial charge in [0.05, 0.1) is 30.0 Å². The Morgan fingerprint density at radius 3 is 3.17 bits per heavy atom. The number of carbonyl (C=O) groups is 1. The van der Waals surface area contributed by atoms with E-state index >= 15 is 0 Å². The molecule has 3 rings (SSSR count). The van der Waals surface area contributed by atoms with Gasteiger partial charge < -0.3 is 20.1 Å². The number of nitrogens with one attached hydrogen (secondary N) is 2. The van der Waals surface area contributed by atoms with Gasteiger partial charge in [-0.25, -0.2) is 4.98 Å². The summed E-state index contributed by atoms with van der Waals surface area (Å²) in [6.45, 7) is 2.58. The fraction of sp³-hybridized carbons (Fsp3) is 0.467. The molecular formula is C15H20ClN3O3S. The van der Waals surface area contributed by atoms with Gasteiger partial charge in [-0.3, -0.25) is 4.79 Å². The largest absolute Gasteiger partial charge is 0.380 e. The summed E-state index contributed by atoms with van der Waals surface area (Å²) in [4.78, 5) is 16.6. The van der Waals surface area contributed by atoms with Crippen molar-refractivity contribution >= 4 is 45.0 Å². The number of thiazole rings is 1. The summed E-state index contributed by atoms with van der Waals surface area (Å²) < 4.78 is 11.6. The molecular weight excluding hydrogens is 338 g/mol. The molecule has 1 amide bonds. The van der Waals surface area contributed by atoms with Crippen LogP contribution in [-0.2, 0) is 20.9 Å². The first kappa shape index (κ1) is 18.1. The second-order valence-corrected chi connectivity index (χ2v) is 6.22. The highest BCUT2D eigenvalue weighted by Crippen LogP contribution is 2.28. The molecule has 2 N–H and O–H groups in total. The van der Waals surface area contributed by atoms with Crippen LogP contribution in [0.2, 0.25) is 0 Å². The maximum atomic E-state index is 12.1. The lowest BCUT2D eigenvalue weighted by Crippen LogP contribution is -2.43. The number of benzene rings is 1. The van der Waals surface area contributed by atoms with E-state index in [4.69, 9.17) is 9.47 Å². The van der Waals surface area contributed by atoms with Crippen molar-refractivity contribution < 1.29 is 14.3 Å². The SMILES string of the molecule is COCc1cccc2sc(NC(=O)CC3COCCN3)nc12.Cl. The van der Waals surface area contributed by atoms with E-state index in [0.29, 0.717) is 31.4 Å². The van der Waals surface area contributed by atoms with Crippen LogP contribution in [0.1, 0.15) is 12.0 Å². The third kappa shape index (κ3) is 4.62. The van der Waals surface area contributed by atoms with Crippen LogP contribution in [-0.4, -0.2) is 43.8 Å². The molecule has 2 aromatic rings. The first-order valence-electron chi connectivity index (χ1n) is 7.24. The maximum absolute atomic E-state index is 12.1. The zero-order valence-corrected chi connectivity index (χ0v) is 14.5. The van der Waals surface area contributed by atoms with Crippen LogP contribution in [0.4, 0.5) is 5.13 Å². The Balaban J connectivity index is 0.00000192. The van der Waals surface area contributed by atoms with Gasteiger partial charge in [0, 0.05) is 31.7 Å². The number of methoxy groups -OCH3 is 1. The van der Waals surface area contributed by atoms with Crippen LogP contribution in [0, 0.1) is 0 Å². The number of hydrogen-bond acceptors (Lipinski definition) is 6. The molecule has 0 radical (unpaired) electrons. The molecule has 2 heterocycles. The van der Waals surface area contributed by atoms with Gasteiger partial charge in [-0.15, -0.1) is 12.4 Å². The minimum Gasteiger partial charge on any atom is -0.380 e. The van der Waals surface area contributed by atoms with Gasteiger partial charge in [0.1, 0.15) is 0 Å². The van der Waals surface area contributed by atoms with Crippen LogP contribution >= 0.6 is 23.7 Å². The normalized spacial score (nSPS) is 17.7. The van der Waals surface area contributed by atoms with Crippen molar-refractivity contribution in [1.82, 2.24) is 10.3 Å². The van der Waals surface area contributed by atoms with Crippen molar-refractivity contribution in [2.45, 2.75) is 19.1 Å². The Morgan fingerprint density at radius 2 is 2.43 bits per heavy atom. The summed E-state index contributed by atoms with van der Waals surface area (Å²) in [6, 6.07) is 6.04. The molecule has 8 heteroatoms.